The number of carbonyl (C=O) groups excluding carboxylic acids is 1. The van der Waals surface area contributed by atoms with Crippen molar-refractivity contribution in [2.45, 2.75) is 27.3 Å². The molecule has 1 amide bonds. The molecular weight excluding hydrogens is 324 g/mol. The van der Waals surface area contributed by atoms with E-state index in [9.17, 15) is 4.79 Å². The summed E-state index contributed by atoms with van der Waals surface area (Å²) >= 11 is 0. The predicted octanol–water partition coefficient (Wildman–Crippen LogP) is 4.08. The van der Waals surface area contributed by atoms with Crippen LogP contribution >= 0.6 is 0 Å². The van der Waals surface area contributed by atoms with Crippen molar-refractivity contribution in [3.05, 3.63) is 82.7 Å². The Bertz CT molecular complexity index is 937. The van der Waals surface area contributed by atoms with E-state index in [0.29, 0.717) is 18.2 Å². The van der Waals surface area contributed by atoms with E-state index in [1.165, 1.54) is 5.56 Å². The fourth-order valence-electron chi connectivity index (χ4n) is 2.69. The number of aryl methyl sites for hydroxylation is 3. The van der Waals surface area contributed by atoms with Crippen molar-refractivity contribution < 1.29 is 4.79 Å². The Morgan fingerprint density at radius 2 is 1.81 bits per heavy atom. The minimum atomic E-state index is -0.223. The Morgan fingerprint density at radius 1 is 1.00 bits per heavy atom. The Labute approximate surface area is 153 Å². The molecule has 0 fully saturated rings. The predicted molar refractivity (Wildman–Crippen MR) is 104 cm³/mol. The van der Waals surface area contributed by atoms with Crippen LogP contribution in [0.25, 0.3) is 0 Å². The zero-order valence-corrected chi connectivity index (χ0v) is 15.2. The molecule has 0 saturated carbocycles. The van der Waals surface area contributed by atoms with E-state index in [2.05, 4.69) is 26.7 Å². The average Bonchev–Trinajstić information content (AvgIpc) is 2.63. The van der Waals surface area contributed by atoms with Gasteiger partial charge in [0.05, 0.1) is 0 Å². The van der Waals surface area contributed by atoms with E-state index < -0.39 is 0 Å². The first-order valence-corrected chi connectivity index (χ1v) is 8.53. The van der Waals surface area contributed by atoms with Crippen LogP contribution < -0.4 is 10.6 Å². The van der Waals surface area contributed by atoms with Crippen LogP contribution in [0.4, 0.5) is 11.6 Å². The molecule has 2 aromatic carbocycles. The molecule has 1 heterocycles. The third kappa shape index (κ3) is 4.25. The highest BCUT2D eigenvalue weighted by Crippen LogP contribution is 2.19. The van der Waals surface area contributed by atoms with E-state index in [1.807, 2.05) is 57.2 Å². The topological polar surface area (TPSA) is 66.9 Å². The van der Waals surface area contributed by atoms with Crippen LogP contribution in [0.3, 0.4) is 0 Å². The highest BCUT2D eigenvalue weighted by atomic mass is 16.1. The van der Waals surface area contributed by atoms with Crippen molar-refractivity contribution in [1.29, 1.82) is 0 Å². The molecule has 5 heteroatoms. The Kier molecular flexibility index (Phi) is 5.27. The normalized spacial score (nSPS) is 10.4. The molecule has 5 nitrogen and oxygen atoms in total. The molecule has 0 aliphatic rings. The van der Waals surface area contributed by atoms with Crippen LogP contribution in [0.1, 0.15) is 32.7 Å². The van der Waals surface area contributed by atoms with Gasteiger partial charge >= 0.3 is 0 Å². The number of hydrogen-bond acceptors (Lipinski definition) is 4. The minimum absolute atomic E-state index is 0.223. The summed E-state index contributed by atoms with van der Waals surface area (Å²) in [6.07, 6.45) is 1.58. The van der Waals surface area contributed by atoms with Gasteiger partial charge in [0, 0.05) is 18.4 Å². The van der Waals surface area contributed by atoms with E-state index in [0.717, 1.165) is 22.4 Å². The summed E-state index contributed by atoms with van der Waals surface area (Å²) in [6.45, 7) is 6.56. The zero-order chi connectivity index (χ0) is 18.5. The molecule has 0 aliphatic heterocycles. The van der Waals surface area contributed by atoms with Gasteiger partial charge in [-0.15, -0.1) is 0 Å². The maximum atomic E-state index is 12.4. The van der Waals surface area contributed by atoms with Crippen molar-refractivity contribution in [1.82, 2.24) is 15.3 Å². The monoisotopic (exact) mass is 346 g/mol. The van der Waals surface area contributed by atoms with Gasteiger partial charge in [0.15, 0.2) is 0 Å². The quantitative estimate of drug-likeness (QED) is 0.731. The number of nitrogens with one attached hydrogen (secondary N) is 2. The molecule has 0 saturated heterocycles. The van der Waals surface area contributed by atoms with Crippen LogP contribution in [0.5, 0.6) is 0 Å². The smallest absolute Gasteiger partial charge is 0.270 e. The summed E-state index contributed by atoms with van der Waals surface area (Å²) in [5.74, 6) is 0.180. The largest absolute Gasteiger partial charge is 0.347 e. The van der Waals surface area contributed by atoms with Gasteiger partial charge in [-0.1, -0.05) is 42.0 Å². The van der Waals surface area contributed by atoms with Crippen molar-refractivity contribution >= 4 is 17.5 Å². The number of aromatic nitrogens is 2. The number of benzene rings is 2. The lowest BCUT2D eigenvalue weighted by atomic mass is 10.1. The summed E-state index contributed by atoms with van der Waals surface area (Å²) in [7, 11) is 0. The van der Waals surface area contributed by atoms with E-state index in [1.54, 1.807) is 12.3 Å². The summed E-state index contributed by atoms with van der Waals surface area (Å²) in [5.41, 5.74) is 5.78. The fourth-order valence-corrected chi connectivity index (χ4v) is 2.69. The van der Waals surface area contributed by atoms with Crippen molar-refractivity contribution in [3.8, 4) is 0 Å². The molecule has 0 bridgehead atoms. The molecule has 1 aromatic heterocycles. The van der Waals surface area contributed by atoms with Crippen molar-refractivity contribution in [2.75, 3.05) is 5.32 Å². The highest BCUT2D eigenvalue weighted by molar-refractivity contribution is 5.92. The average molecular weight is 346 g/mol. The number of hydrogen-bond donors (Lipinski definition) is 2. The maximum absolute atomic E-state index is 12.4. The van der Waals surface area contributed by atoms with Crippen LogP contribution in [0, 0.1) is 20.8 Å². The van der Waals surface area contributed by atoms with Gasteiger partial charge in [-0.3, -0.25) is 4.79 Å². The number of rotatable bonds is 5. The van der Waals surface area contributed by atoms with Gasteiger partial charge in [0.25, 0.3) is 5.91 Å². The van der Waals surface area contributed by atoms with Crippen molar-refractivity contribution in [3.63, 3.8) is 0 Å². The first kappa shape index (κ1) is 17.6. The molecular formula is C21H22N4O. The summed E-state index contributed by atoms with van der Waals surface area (Å²) in [5, 5.41) is 6.08. The number of amides is 1. The molecule has 2 N–H and O–H groups in total. The summed E-state index contributed by atoms with van der Waals surface area (Å²) < 4.78 is 0. The van der Waals surface area contributed by atoms with Crippen LogP contribution in [-0.4, -0.2) is 15.9 Å². The molecule has 3 aromatic rings. The number of carbonyl (C=O) groups is 1. The standard InChI is InChI=1S/C21H22N4O/c1-14-8-9-18(16(3)12-14)24-21-22-11-10-19(25-21)20(26)23-13-17-7-5-4-6-15(17)2/h4-12H,13H2,1-3H3,(H,23,26)(H,22,24,25). The fraction of sp³-hybridized carbons (Fsp3) is 0.190. The maximum Gasteiger partial charge on any atom is 0.270 e. The Morgan fingerprint density at radius 3 is 2.58 bits per heavy atom. The Hall–Kier alpha value is -3.21. The molecule has 0 radical (unpaired) electrons. The second kappa shape index (κ2) is 7.78. The van der Waals surface area contributed by atoms with Gasteiger partial charge in [0.1, 0.15) is 5.69 Å². The van der Waals surface area contributed by atoms with Gasteiger partial charge in [-0.2, -0.15) is 0 Å². The number of nitrogens with zero attached hydrogens (tertiary/aromatic N) is 2. The summed E-state index contributed by atoms with van der Waals surface area (Å²) in [6, 6.07) is 15.7. The molecule has 3 rings (SSSR count). The third-order valence-corrected chi connectivity index (χ3v) is 4.22. The molecule has 0 atom stereocenters. The van der Waals surface area contributed by atoms with Crippen LogP contribution in [0.15, 0.2) is 54.7 Å². The molecule has 132 valence electrons. The molecule has 0 spiro atoms. The molecule has 26 heavy (non-hydrogen) atoms. The van der Waals surface area contributed by atoms with E-state index in [-0.39, 0.29) is 5.91 Å². The summed E-state index contributed by atoms with van der Waals surface area (Å²) in [4.78, 5) is 21.0. The van der Waals surface area contributed by atoms with E-state index in [4.69, 9.17) is 0 Å². The highest BCUT2D eigenvalue weighted by Gasteiger charge is 2.10. The second-order valence-electron chi connectivity index (χ2n) is 6.32. The molecule has 0 unspecified atom stereocenters. The third-order valence-electron chi connectivity index (χ3n) is 4.22. The van der Waals surface area contributed by atoms with Gasteiger partial charge in [-0.25, -0.2) is 9.97 Å². The first-order chi connectivity index (χ1) is 12.5. The lowest BCUT2D eigenvalue weighted by molar-refractivity contribution is 0.0946. The van der Waals surface area contributed by atoms with Crippen molar-refractivity contribution in [2.24, 2.45) is 0 Å². The lowest BCUT2D eigenvalue weighted by Crippen LogP contribution is -2.24. The molecule has 0 aliphatic carbocycles. The second-order valence-corrected chi connectivity index (χ2v) is 6.32. The van der Waals surface area contributed by atoms with Gasteiger partial charge in [-0.05, 0) is 49.6 Å². The first-order valence-electron chi connectivity index (χ1n) is 8.53. The lowest BCUT2D eigenvalue weighted by Gasteiger charge is -2.10. The van der Waals surface area contributed by atoms with Gasteiger partial charge < -0.3 is 10.6 Å². The number of anilines is 2. The van der Waals surface area contributed by atoms with Gasteiger partial charge in [0.2, 0.25) is 5.95 Å². The minimum Gasteiger partial charge on any atom is -0.347 e. The zero-order valence-electron chi connectivity index (χ0n) is 15.2. The Balaban J connectivity index is 1.70. The van der Waals surface area contributed by atoms with Crippen LogP contribution in [-0.2, 0) is 6.54 Å². The SMILES string of the molecule is Cc1ccc(Nc2nccc(C(=O)NCc3ccccc3C)n2)c(C)c1. The van der Waals surface area contributed by atoms with E-state index >= 15 is 0 Å². The van der Waals surface area contributed by atoms with Crippen LogP contribution in [0.2, 0.25) is 0 Å².